The number of imidazole rings is 1. The molecule has 2 aromatic rings. The van der Waals surface area contributed by atoms with Gasteiger partial charge in [-0.3, -0.25) is 0 Å². The average Bonchev–Trinajstić information content (AvgIpc) is 2.88. The first kappa shape index (κ1) is 14.9. The van der Waals surface area contributed by atoms with Crippen LogP contribution < -0.4 is 6.15 Å². The number of hydrogen-bond donors (Lipinski definition) is 1. The molecule has 0 bridgehead atoms. The largest absolute Gasteiger partial charge is 0.461 e. The van der Waals surface area contributed by atoms with E-state index in [1.54, 1.807) is 13.3 Å². The maximum absolute atomic E-state index is 11.8. The van der Waals surface area contributed by atoms with E-state index in [1.165, 1.54) is 6.20 Å². The molecule has 1 heterocycles. The number of benzene rings is 1. The number of rotatable bonds is 4. The number of ether oxygens (including phenoxy) is 1. The van der Waals surface area contributed by atoms with Gasteiger partial charge in [-0.2, -0.15) is 0 Å². The van der Waals surface area contributed by atoms with Crippen LogP contribution in [0.1, 0.15) is 35.9 Å². The predicted octanol–water partition coefficient (Wildman–Crippen LogP) is 2.83. The molecule has 0 aliphatic heterocycles. The molecule has 1 unspecified atom stereocenters. The highest BCUT2D eigenvalue weighted by Crippen LogP contribution is 2.19. The zero-order valence-electron chi connectivity index (χ0n) is 11.2. The average molecular weight is 261 g/mol. The van der Waals surface area contributed by atoms with Crippen LogP contribution in [-0.4, -0.2) is 22.1 Å². The highest BCUT2D eigenvalue weighted by Gasteiger charge is 2.17. The monoisotopic (exact) mass is 261 g/mol. The first-order valence-corrected chi connectivity index (χ1v) is 5.98. The summed E-state index contributed by atoms with van der Waals surface area (Å²) in [5, 5.41) is 0. The maximum atomic E-state index is 11.8. The Hall–Kier alpha value is -2.14. The molecule has 0 fully saturated rings. The number of carbonyl (C=O) groups is 1. The smallest absolute Gasteiger partial charge is 0.356 e. The van der Waals surface area contributed by atoms with Crippen LogP contribution in [0.5, 0.6) is 0 Å². The molecule has 5 nitrogen and oxygen atoms in total. The summed E-state index contributed by atoms with van der Waals surface area (Å²) in [4.78, 5) is 15.8. The van der Waals surface area contributed by atoms with Crippen molar-refractivity contribution < 1.29 is 9.53 Å². The summed E-state index contributed by atoms with van der Waals surface area (Å²) in [6.07, 6.45) is 3.20. The van der Waals surface area contributed by atoms with E-state index in [4.69, 9.17) is 4.74 Å². The van der Waals surface area contributed by atoms with E-state index < -0.39 is 0 Å². The van der Waals surface area contributed by atoms with Gasteiger partial charge < -0.3 is 15.5 Å². The van der Waals surface area contributed by atoms with Crippen LogP contribution in [0, 0.1) is 0 Å². The van der Waals surface area contributed by atoms with E-state index in [9.17, 15) is 4.79 Å². The van der Waals surface area contributed by atoms with E-state index in [-0.39, 0.29) is 18.2 Å². The standard InChI is InChI=1S/C14H16N2O2.H3N/c1-3-18-14(17)13-9-15-10-16(13)11(2)12-7-5-4-6-8-12;/h4-11H,3H2,1-2H3;1H3. The van der Waals surface area contributed by atoms with Gasteiger partial charge in [-0.15, -0.1) is 0 Å². The van der Waals surface area contributed by atoms with Crippen molar-refractivity contribution in [3.05, 3.63) is 54.1 Å². The van der Waals surface area contributed by atoms with Crippen LogP contribution in [0.15, 0.2) is 42.9 Å². The molecule has 1 aromatic heterocycles. The third-order valence-corrected chi connectivity index (χ3v) is 2.85. The molecule has 1 aromatic carbocycles. The van der Waals surface area contributed by atoms with Crippen molar-refractivity contribution in [3.63, 3.8) is 0 Å². The molecule has 102 valence electrons. The molecule has 0 radical (unpaired) electrons. The molecule has 0 spiro atoms. The Bertz CT molecular complexity index is 522. The van der Waals surface area contributed by atoms with Crippen LogP contribution in [-0.2, 0) is 4.74 Å². The van der Waals surface area contributed by atoms with Gasteiger partial charge >= 0.3 is 5.97 Å². The lowest BCUT2D eigenvalue weighted by Gasteiger charge is -2.16. The van der Waals surface area contributed by atoms with Gasteiger partial charge in [-0.1, -0.05) is 30.3 Å². The predicted molar refractivity (Wildman–Crippen MR) is 73.5 cm³/mol. The second-order valence-electron chi connectivity index (χ2n) is 3.99. The summed E-state index contributed by atoms with van der Waals surface area (Å²) >= 11 is 0. The van der Waals surface area contributed by atoms with Crippen molar-refractivity contribution in [2.75, 3.05) is 6.61 Å². The molecule has 5 heteroatoms. The lowest BCUT2D eigenvalue weighted by Crippen LogP contribution is -2.15. The van der Waals surface area contributed by atoms with Crippen molar-refractivity contribution in [3.8, 4) is 0 Å². The quantitative estimate of drug-likeness (QED) is 0.858. The Balaban J connectivity index is 0.00000180. The van der Waals surface area contributed by atoms with Crippen molar-refractivity contribution >= 4 is 5.97 Å². The van der Waals surface area contributed by atoms with Gasteiger partial charge in [0.25, 0.3) is 0 Å². The van der Waals surface area contributed by atoms with Crippen LogP contribution >= 0.6 is 0 Å². The number of nitrogens with zero attached hydrogens (tertiary/aromatic N) is 2. The fourth-order valence-corrected chi connectivity index (χ4v) is 1.87. The minimum Gasteiger partial charge on any atom is -0.461 e. The van der Waals surface area contributed by atoms with Gasteiger partial charge in [0.05, 0.1) is 25.2 Å². The molecule has 19 heavy (non-hydrogen) atoms. The fraction of sp³-hybridized carbons (Fsp3) is 0.286. The van der Waals surface area contributed by atoms with E-state index >= 15 is 0 Å². The Labute approximate surface area is 112 Å². The molecule has 2 rings (SSSR count). The van der Waals surface area contributed by atoms with Gasteiger partial charge in [0, 0.05) is 0 Å². The van der Waals surface area contributed by atoms with E-state index in [1.807, 2.05) is 41.8 Å². The molecule has 0 saturated carbocycles. The molecular formula is C14H19N3O2. The fourth-order valence-electron chi connectivity index (χ4n) is 1.87. The van der Waals surface area contributed by atoms with Gasteiger partial charge in [0.1, 0.15) is 5.69 Å². The molecule has 0 saturated heterocycles. The minimum atomic E-state index is -0.335. The maximum Gasteiger partial charge on any atom is 0.356 e. The molecular weight excluding hydrogens is 242 g/mol. The second kappa shape index (κ2) is 6.70. The molecule has 0 aliphatic carbocycles. The summed E-state index contributed by atoms with van der Waals surface area (Å²) in [5.41, 5.74) is 1.61. The van der Waals surface area contributed by atoms with Gasteiger partial charge in [-0.05, 0) is 19.4 Å². The van der Waals surface area contributed by atoms with Crippen molar-refractivity contribution in [2.45, 2.75) is 19.9 Å². The van der Waals surface area contributed by atoms with Crippen molar-refractivity contribution in [1.82, 2.24) is 15.7 Å². The van der Waals surface area contributed by atoms with Gasteiger partial charge in [0.15, 0.2) is 0 Å². The van der Waals surface area contributed by atoms with Crippen LogP contribution in [0.2, 0.25) is 0 Å². The Morgan fingerprint density at radius 1 is 1.37 bits per heavy atom. The van der Waals surface area contributed by atoms with Crippen LogP contribution in [0.4, 0.5) is 0 Å². The summed E-state index contributed by atoms with van der Waals surface area (Å²) in [6, 6.07) is 10.0. The summed E-state index contributed by atoms with van der Waals surface area (Å²) in [7, 11) is 0. The van der Waals surface area contributed by atoms with Crippen LogP contribution in [0.25, 0.3) is 0 Å². The first-order chi connectivity index (χ1) is 8.74. The lowest BCUT2D eigenvalue weighted by molar-refractivity contribution is 0.0512. The SMILES string of the molecule is CCOC(=O)c1cncn1C(C)c1ccccc1.N. The summed E-state index contributed by atoms with van der Waals surface area (Å²) in [5.74, 6) is -0.335. The summed E-state index contributed by atoms with van der Waals surface area (Å²) < 4.78 is 6.84. The number of aromatic nitrogens is 2. The Morgan fingerprint density at radius 2 is 2.05 bits per heavy atom. The zero-order valence-corrected chi connectivity index (χ0v) is 11.2. The van der Waals surface area contributed by atoms with E-state index in [0.717, 1.165) is 5.56 Å². The molecule has 0 amide bonds. The lowest BCUT2D eigenvalue weighted by atomic mass is 10.1. The number of hydrogen-bond acceptors (Lipinski definition) is 4. The Kier molecular flexibility index (Phi) is 5.26. The molecule has 3 N–H and O–H groups in total. The third-order valence-electron chi connectivity index (χ3n) is 2.85. The minimum absolute atomic E-state index is 0. The van der Waals surface area contributed by atoms with E-state index in [0.29, 0.717) is 12.3 Å². The van der Waals surface area contributed by atoms with Gasteiger partial charge in [-0.25, -0.2) is 9.78 Å². The third kappa shape index (κ3) is 3.20. The molecule has 0 aliphatic rings. The summed E-state index contributed by atoms with van der Waals surface area (Å²) in [6.45, 7) is 4.18. The van der Waals surface area contributed by atoms with Crippen molar-refractivity contribution in [2.24, 2.45) is 0 Å². The zero-order chi connectivity index (χ0) is 13.0. The van der Waals surface area contributed by atoms with Crippen molar-refractivity contribution in [1.29, 1.82) is 0 Å². The second-order valence-corrected chi connectivity index (χ2v) is 3.99. The number of esters is 1. The van der Waals surface area contributed by atoms with Gasteiger partial charge in [0.2, 0.25) is 0 Å². The first-order valence-electron chi connectivity index (χ1n) is 5.98. The Morgan fingerprint density at radius 3 is 2.68 bits per heavy atom. The normalized spacial score (nSPS) is 11.5. The van der Waals surface area contributed by atoms with Crippen LogP contribution in [0.3, 0.4) is 0 Å². The topological polar surface area (TPSA) is 79.1 Å². The number of carbonyl (C=O) groups excluding carboxylic acids is 1. The highest BCUT2D eigenvalue weighted by molar-refractivity contribution is 5.87. The molecule has 1 atom stereocenters. The highest BCUT2D eigenvalue weighted by atomic mass is 16.5. The van der Waals surface area contributed by atoms with E-state index in [2.05, 4.69) is 4.98 Å².